The second-order valence-corrected chi connectivity index (χ2v) is 7.28. The van der Waals surface area contributed by atoms with Gasteiger partial charge >= 0.3 is 0 Å². The van der Waals surface area contributed by atoms with Crippen LogP contribution in [0.3, 0.4) is 0 Å². The summed E-state index contributed by atoms with van der Waals surface area (Å²) in [6, 6.07) is 7.05. The average molecular weight is 375 g/mol. The van der Waals surface area contributed by atoms with E-state index < -0.39 is 0 Å². The van der Waals surface area contributed by atoms with E-state index in [-0.39, 0.29) is 11.8 Å². The Bertz CT molecular complexity index is 829. The van der Waals surface area contributed by atoms with E-state index in [9.17, 15) is 9.59 Å². The summed E-state index contributed by atoms with van der Waals surface area (Å²) >= 11 is 6.12. The van der Waals surface area contributed by atoms with Crippen molar-refractivity contribution in [2.45, 2.75) is 39.7 Å². The molecule has 2 amide bonds. The molecule has 0 aliphatic carbocycles. The van der Waals surface area contributed by atoms with Crippen LogP contribution in [0.5, 0.6) is 0 Å². The topological polar surface area (TPSA) is 76.0 Å². The number of benzene rings is 1. The van der Waals surface area contributed by atoms with E-state index in [4.69, 9.17) is 11.6 Å². The molecule has 0 atom stereocenters. The summed E-state index contributed by atoms with van der Waals surface area (Å²) in [5.74, 6) is 0.0766. The maximum atomic E-state index is 12.8. The van der Waals surface area contributed by atoms with Crippen LogP contribution in [0.4, 0.5) is 5.69 Å². The fourth-order valence-corrected chi connectivity index (χ4v) is 3.20. The molecule has 1 aromatic carbocycles. The third kappa shape index (κ3) is 3.90. The van der Waals surface area contributed by atoms with E-state index >= 15 is 0 Å². The van der Waals surface area contributed by atoms with Gasteiger partial charge in [-0.25, -0.2) is 4.98 Å². The molecule has 0 saturated heterocycles. The van der Waals surface area contributed by atoms with E-state index in [0.717, 1.165) is 25.0 Å². The third-order valence-electron chi connectivity index (χ3n) is 4.33. The molecule has 7 heteroatoms. The molecule has 0 radical (unpaired) electrons. The molecule has 1 aliphatic rings. The average Bonchev–Trinajstić information content (AvgIpc) is 3.01. The lowest BCUT2D eigenvalue weighted by Gasteiger charge is -2.17. The van der Waals surface area contributed by atoms with Crippen LogP contribution in [0.15, 0.2) is 24.3 Å². The number of rotatable bonds is 5. The summed E-state index contributed by atoms with van der Waals surface area (Å²) in [6.07, 6.45) is 2.68. The first-order chi connectivity index (χ1) is 12.5. The van der Waals surface area contributed by atoms with Gasteiger partial charge in [0.2, 0.25) is 0 Å². The van der Waals surface area contributed by atoms with Crippen LogP contribution in [0.2, 0.25) is 5.02 Å². The smallest absolute Gasteiger partial charge is 0.287 e. The Kier molecular flexibility index (Phi) is 5.61. The molecular formula is C19H23ClN4O2. The minimum Gasteiger partial charge on any atom is -0.349 e. The molecule has 2 aromatic rings. The van der Waals surface area contributed by atoms with Crippen molar-refractivity contribution in [3.8, 4) is 0 Å². The number of amides is 2. The van der Waals surface area contributed by atoms with Gasteiger partial charge < -0.3 is 15.2 Å². The van der Waals surface area contributed by atoms with Crippen molar-refractivity contribution in [3.63, 3.8) is 0 Å². The van der Waals surface area contributed by atoms with Crippen molar-refractivity contribution in [2.75, 3.05) is 11.9 Å². The van der Waals surface area contributed by atoms with Gasteiger partial charge in [0.1, 0.15) is 0 Å². The lowest BCUT2D eigenvalue weighted by molar-refractivity contribution is 0.0933. The Hall–Kier alpha value is -2.34. The molecule has 2 N–H and O–H groups in total. The van der Waals surface area contributed by atoms with E-state index in [1.807, 2.05) is 18.4 Å². The first-order valence-corrected chi connectivity index (χ1v) is 9.28. The molecule has 0 spiro atoms. The van der Waals surface area contributed by atoms with Crippen LogP contribution >= 0.6 is 11.6 Å². The number of hydrogen-bond acceptors (Lipinski definition) is 3. The summed E-state index contributed by atoms with van der Waals surface area (Å²) in [6.45, 7) is 5.34. The lowest BCUT2D eigenvalue weighted by atomic mass is 10.1. The van der Waals surface area contributed by atoms with Crippen molar-refractivity contribution in [1.82, 2.24) is 14.9 Å². The number of anilines is 1. The highest BCUT2D eigenvalue weighted by Gasteiger charge is 2.27. The zero-order chi connectivity index (χ0) is 18.7. The van der Waals surface area contributed by atoms with Crippen LogP contribution in [0.25, 0.3) is 0 Å². The SMILES string of the molecule is CC(C)CNC(=O)c1nc(C(=O)Nc2ccccc2Cl)c2n1CCCC2. The zero-order valence-electron chi connectivity index (χ0n) is 15.0. The molecule has 0 unspecified atom stereocenters. The second-order valence-electron chi connectivity index (χ2n) is 6.88. The third-order valence-corrected chi connectivity index (χ3v) is 4.66. The highest BCUT2D eigenvalue weighted by atomic mass is 35.5. The summed E-state index contributed by atoms with van der Waals surface area (Å²) < 4.78 is 1.88. The van der Waals surface area contributed by atoms with Gasteiger partial charge in [-0.15, -0.1) is 0 Å². The zero-order valence-corrected chi connectivity index (χ0v) is 15.8. The van der Waals surface area contributed by atoms with Crippen molar-refractivity contribution < 1.29 is 9.59 Å². The highest BCUT2D eigenvalue weighted by Crippen LogP contribution is 2.24. The summed E-state index contributed by atoms with van der Waals surface area (Å²) in [5.41, 5.74) is 1.65. The standard InChI is InChI=1S/C19H23ClN4O2/c1-12(2)11-21-19(26)17-23-16(15-9-5-6-10-24(15)17)18(25)22-14-8-4-3-7-13(14)20/h3-4,7-8,12H,5-6,9-11H2,1-2H3,(H,21,26)(H,22,25). The number of aromatic nitrogens is 2. The Morgan fingerprint density at radius 3 is 2.73 bits per heavy atom. The maximum Gasteiger partial charge on any atom is 0.287 e. The normalized spacial score (nSPS) is 13.4. The molecule has 0 saturated carbocycles. The molecule has 3 rings (SSSR count). The molecule has 6 nitrogen and oxygen atoms in total. The fourth-order valence-electron chi connectivity index (χ4n) is 3.02. The fraction of sp³-hybridized carbons (Fsp3) is 0.421. The van der Waals surface area contributed by atoms with Crippen LogP contribution < -0.4 is 10.6 Å². The molecule has 0 bridgehead atoms. The largest absolute Gasteiger partial charge is 0.349 e. The number of nitrogens with one attached hydrogen (secondary N) is 2. The monoisotopic (exact) mass is 374 g/mol. The number of carbonyl (C=O) groups excluding carboxylic acids is 2. The number of hydrogen-bond donors (Lipinski definition) is 2. The minimum atomic E-state index is -0.341. The van der Waals surface area contributed by atoms with Gasteiger partial charge in [0, 0.05) is 13.1 Å². The molecule has 0 fully saturated rings. The van der Waals surface area contributed by atoms with Crippen LogP contribution in [-0.2, 0) is 13.0 Å². The summed E-state index contributed by atoms with van der Waals surface area (Å²) in [5, 5.41) is 6.15. The van der Waals surface area contributed by atoms with Gasteiger partial charge in [-0.05, 0) is 37.3 Å². The van der Waals surface area contributed by atoms with Crippen molar-refractivity contribution in [1.29, 1.82) is 0 Å². The van der Waals surface area contributed by atoms with Gasteiger partial charge in [-0.1, -0.05) is 37.6 Å². The number of imidazole rings is 1. The van der Waals surface area contributed by atoms with Crippen LogP contribution in [0, 0.1) is 5.92 Å². The Morgan fingerprint density at radius 1 is 1.23 bits per heavy atom. The second kappa shape index (κ2) is 7.91. The lowest BCUT2D eigenvalue weighted by Crippen LogP contribution is -2.30. The summed E-state index contributed by atoms with van der Waals surface area (Å²) in [7, 11) is 0. The molecule has 2 heterocycles. The Labute approximate surface area is 157 Å². The summed E-state index contributed by atoms with van der Waals surface area (Å²) in [4.78, 5) is 29.7. The number of carbonyl (C=O) groups is 2. The highest BCUT2D eigenvalue weighted by molar-refractivity contribution is 6.33. The Morgan fingerprint density at radius 2 is 2.00 bits per heavy atom. The van der Waals surface area contributed by atoms with Crippen LogP contribution in [-0.4, -0.2) is 27.9 Å². The van der Waals surface area contributed by atoms with Gasteiger partial charge in [0.15, 0.2) is 11.5 Å². The van der Waals surface area contributed by atoms with Crippen molar-refractivity contribution in [2.24, 2.45) is 5.92 Å². The molecule has 1 aromatic heterocycles. The number of halogens is 1. The van der Waals surface area contributed by atoms with Gasteiger partial charge in [0.25, 0.3) is 11.8 Å². The first kappa shape index (κ1) is 18.5. The van der Waals surface area contributed by atoms with Crippen LogP contribution in [0.1, 0.15) is 53.5 Å². The molecule has 26 heavy (non-hydrogen) atoms. The van der Waals surface area contributed by atoms with Crippen molar-refractivity contribution in [3.05, 3.63) is 46.5 Å². The molecular weight excluding hydrogens is 352 g/mol. The van der Waals surface area contributed by atoms with Gasteiger partial charge in [-0.2, -0.15) is 0 Å². The van der Waals surface area contributed by atoms with E-state index in [0.29, 0.717) is 41.2 Å². The number of para-hydroxylation sites is 1. The van der Waals surface area contributed by atoms with Gasteiger partial charge in [-0.3, -0.25) is 9.59 Å². The minimum absolute atomic E-state index is 0.237. The van der Waals surface area contributed by atoms with E-state index in [1.165, 1.54) is 0 Å². The van der Waals surface area contributed by atoms with E-state index in [1.54, 1.807) is 24.3 Å². The molecule has 138 valence electrons. The van der Waals surface area contributed by atoms with Gasteiger partial charge in [0.05, 0.1) is 16.4 Å². The quantitative estimate of drug-likeness (QED) is 0.840. The van der Waals surface area contributed by atoms with E-state index in [2.05, 4.69) is 15.6 Å². The predicted octanol–water partition coefficient (Wildman–Crippen LogP) is 3.51. The maximum absolute atomic E-state index is 12.8. The molecule has 1 aliphatic heterocycles. The first-order valence-electron chi connectivity index (χ1n) is 8.91. The number of fused-ring (bicyclic) bond motifs is 1. The van der Waals surface area contributed by atoms with Crippen molar-refractivity contribution >= 4 is 29.1 Å². The number of nitrogens with zero attached hydrogens (tertiary/aromatic N) is 2. The Balaban J connectivity index is 1.88. The predicted molar refractivity (Wildman–Crippen MR) is 102 cm³/mol.